The van der Waals surface area contributed by atoms with Gasteiger partial charge in [-0.1, -0.05) is 36.4 Å². The van der Waals surface area contributed by atoms with Crippen molar-refractivity contribution >= 4 is 29.1 Å². The van der Waals surface area contributed by atoms with Gasteiger partial charge in [-0.2, -0.15) is 0 Å². The van der Waals surface area contributed by atoms with E-state index in [-0.39, 0.29) is 30.7 Å². The molecule has 1 fully saturated rings. The second-order valence-corrected chi connectivity index (χ2v) is 7.77. The van der Waals surface area contributed by atoms with Gasteiger partial charge in [0.15, 0.2) is 0 Å². The van der Waals surface area contributed by atoms with Crippen LogP contribution in [0.3, 0.4) is 0 Å². The van der Waals surface area contributed by atoms with Gasteiger partial charge in [-0.05, 0) is 29.9 Å². The molecular weight excluding hydrogens is 374 g/mol. The van der Waals surface area contributed by atoms with Crippen molar-refractivity contribution in [1.29, 1.82) is 0 Å². The number of carbonyl (C=O) groups is 3. The molecule has 2 heterocycles. The van der Waals surface area contributed by atoms with Gasteiger partial charge in [0.05, 0.1) is 4.88 Å². The highest BCUT2D eigenvalue weighted by molar-refractivity contribution is 7.12. The third kappa shape index (κ3) is 5.66. The molecule has 1 aromatic heterocycles. The van der Waals surface area contributed by atoms with Crippen molar-refractivity contribution in [2.24, 2.45) is 0 Å². The summed E-state index contributed by atoms with van der Waals surface area (Å²) in [5.41, 5.74) is 0.960. The summed E-state index contributed by atoms with van der Waals surface area (Å²) in [6, 6.07) is 12.4. The molecule has 28 heavy (non-hydrogen) atoms. The molecule has 0 aliphatic carbocycles. The predicted molar refractivity (Wildman–Crippen MR) is 109 cm³/mol. The average Bonchev–Trinajstić information content (AvgIpc) is 3.42. The topological polar surface area (TPSA) is 78.5 Å². The zero-order chi connectivity index (χ0) is 19.8. The Labute approximate surface area is 168 Å². The van der Waals surface area contributed by atoms with Gasteiger partial charge in [0.2, 0.25) is 11.8 Å². The number of nitrogens with zero attached hydrogens (tertiary/aromatic N) is 1. The van der Waals surface area contributed by atoms with E-state index in [0.717, 1.165) is 31.5 Å². The number of hydrogen-bond donors (Lipinski definition) is 2. The highest BCUT2D eigenvalue weighted by Gasteiger charge is 2.23. The Morgan fingerprint density at radius 1 is 1.04 bits per heavy atom. The lowest BCUT2D eigenvalue weighted by Crippen LogP contribution is -2.48. The monoisotopic (exact) mass is 399 g/mol. The summed E-state index contributed by atoms with van der Waals surface area (Å²) >= 11 is 1.33. The maximum atomic E-state index is 12.7. The van der Waals surface area contributed by atoms with E-state index in [1.165, 1.54) is 11.3 Å². The first-order valence-corrected chi connectivity index (χ1v) is 10.5. The second-order valence-electron chi connectivity index (χ2n) is 6.82. The molecule has 7 heteroatoms. The van der Waals surface area contributed by atoms with E-state index in [9.17, 15) is 14.4 Å². The number of benzene rings is 1. The molecule has 0 spiro atoms. The van der Waals surface area contributed by atoms with Crippen LogP contribution in [0.2, 0.25) is 0 Å². The quantitative estimate of drug-likeness (QED) is 0.714. The lowest BCUT2D eigenvalue weighted by molar-refractivity contribution is -0.130. The zero-order valence-corrected chi connectivity index (χ0v) is 16.5. The third-order valence-electron chi connectivity index (χ3n) is 4.75. The van der Waals surface area contributed by atoms with Gasteiger partial charge in [0.25, 0.3) is 5.91 Å². The van der Waals surface area contributed by atoms with Crippen molar-refractivity contribution in [3.63, 3.8) is 0 Å². The number of hydrogen-bond acceptors (Lipinski definition) is 4. The van der Waals surface area contributed by atoms with Crippen molar-refractivity contribution in [2.75, 3.05) is 19.6 Å². The second kappa shape index (κ2) is 10.0. The highest BCUT2D eigenvalue weighted by Crippen LogP contribution is 2.11. The van der Waals surface area contributed by atoms with Crippen LogP contribution < -0.4 is 10.6 Å². The summed E-state index contributed by atoms with van der Waals surface area (Å²) < 4.78 is 0. The van der Waals surface area contributed by atoms with Crippen LogP contribution in [-0.2, 0) is 16.0 Å². The molecule has 148 valence electrons. The Morgan fingerprint density at radius 3 is 2.46 bits per heavy atom. The van der Waals surface area contributed by atoms with E-state index < -0.39 is 6.04 Å². The van der Waals surface area contributed by atoms with Crippen molar-refractivity contribution < 1.29 is 14.4 Å². The fourth-order valence-corrected chi connectivity index (χ4v) is 3.86. The lowest BCUT2D eigenvalue weighted by atomic mass is 10.0. The Balaban J connectivity index is 1.57. The first kappa shape index (κ1) is 20.1. The molecule has 6 nitrogen and oxygen atoms in total. The standard InChI is InChI=1S/C21H25N3O3S/c25-19(24-12-4-5-13-24)10-11-22-20(26)17(15-16-7-2-1-3-8-16)23-21(27)18-9-6-14-28-18/h1-3,6-9,14,17H,4-5,10-13,15H2,(H,22,26)(H,23,27). The smallest absolute Gasteiger partial charge is 0.262 e. The number of likely N-dealkylation sites (tertiary alicyclic amines) is 1. The molecule has 1 atom stereocenters. The molecule has 0 saturated carbocycles. The van der Waals surface area contributed by atoms with Crippen LogP contribution in [0.4, 0.5) is 0 Å². The van der Waals surface area contributed by atoms with E-state index >= 15 is 0 Å². The molecule has 1 unspecified atom stereocenters. The molecule has 2 N–H and O–H groups in total. The summed E-state index contributed by atoms with van der Waals surface area (Å²) in [5.74, 6) is -0.470. The minimum Gasteiger partial charge on any atom is -0.354 e. The summed E-state index contributed by atoms with van der Waals surface area (Å²) in [4.78, 5) is 39.7. The third-order valence-corrected chi connectivity index (χ3v) is 5.61. The molecule has 1 saturated heterocycles. The molecule has 3 rings (SSSR count). The molecule has 1 aliphatic rings. The van der Waals surface area contributed by atoms with E-state index in [1.807, 2.05) is 40.6 Å². The van der Waals surface area contributed by atoms with Gasteiger partial charge >= 0.3 is 0 Å². The number of rotatable bonds is 8. The fourth-order valence-electron chi connectivity index (χ4n) is 3.24. The molecule has 0 radical (unpaired) electrons. The molecule has 0 bridgehead atoms. The molecular formula is C21H25N3O3S. The van der Waals surface area contributed by atoms with Gasteiger partial charge in [-0.15, -0.1) is 11.3 Å². The number of amides is 3. The predicted octanol–water partition coefficient (Wildman–Crippen LogP) is 2.22. The Hall–Kier alpha value is -2.67. The maximum absolute atomic E-state index is 12.7. The van der Waals surface area contributed by atoms with E-state index in [4.69, 9.17) is 0 Å². The minimum atomic E-state index is -0.695. The van der Waals surface area contributed by atoms with Crippen LogP contribution in [0.25, 0.3) is 0 Å². The average molecular weight is 400 g/mol. The van der Waals surface area contributed by atoms with Crippen LogP contribution in [0.15, 0.2) is 47.8 Å². The van der Waals surface area contributed by atoms with Crippen molar-refractivity contribution in [1.82, 2.24) is 15.5 Å². The summed E-state index contributed by atoms with van der Waals surface area (Å²) in [7, 11) is 0. The first-order valence-electron chi connectivity index (χ1n) is 9.57. The lowest BCUT2D eigenvalue weighted by Gasteiger charge is -2.19. The van der Waals surface area contributed by atoms with Gasteiger partial charge in [-0.25, -0.2) is 0 Å². The Kier molecular flexibility index (Phi) is 7.19. The minimum absolute atomic E-state index is 0.0695. The van der Waals surface area contributed by atoms with E-state index in [1.54, 1.807) is 12.1 Å². The maximum Gasteiger partial charge on any atom is 0.262 e. The zero-order valence-electron chi connectivity index (χ0n) is 15.7. The number of carbonyl (C=O) groups excluding carboxylic acids is 3. The largest absolute Gasteiger partial charge is 0.354 e. The van der Waals surface area contributed by atoms with Crippen LogP contribution in [0.1, 0.15) is 34.5 Å². The van der Waals surface area contributed by atoms with E-state index in [0.29, 0.717) is 11.3 Å². The summed E-state index contributed by atoms with van der Waals surface area (Å²) in [6.07, 6.45) is 2.77. The number of nitrogens with one attached hydrogen (secondary N) is 2. The summed E-state index contributed by atoms with van der Waals surface area (Å²) in [5, 5.41) is 7.46. The van der Waals surface area contributed by atoms with Crippen LogP contribution in [0.5, 0.6) is 0 Å². The Morgan fingerprint density at radius 2 is 1.79 bits per heavy atom. The van der Waals surface area contributed by atoms with Crippen molar-refractivity contribution in [2.45, 2.75) is 31.7 Å². The highest BCUT2D eigenvalue weighted by atomic mass is 32.1. The molecule has 3 amide bonds. The molecule has 1 aromatic carbocycles. The normalized spacial score (nSPS) is 14.5. The molecule has 1 aliphatic heterocycles. The van der Waals surface area contributed by atoms with Gasteiger partial charge in [0, 0.05) is 32.5 Å². The van der Waals surface area contributed by atoms with Crippen molar-refractivity contribution in [3.05, 3.63) is 58.3 Å². The first-order chi connectivity index (χ1) is 13.6. The van der Waals surface area contributed by atoms with Crippen LogP contribution in [-0.4, -0.2) is 48.3 Å². The SMILES string of the molecule is O=C(NC(Cc1ccccc1)C(=O)NCCC(=O)N1CCCC1)c1cccs1. The van der Waals surface area contributed by atoms with Gasteiger partial charge < -0.3 is 15.5 Å². The van der Waals surface area contributed by atoms with Crippen LogP contribution in [0, 0.1) is 0 Å². The van der Waals surface area contributed by atoms with Gasteiger partial charge in [0.1, 0.15) is 6.04 Å². The van der Waals surface area contributed by atoms with Crippen LogP contribution >= 0.6 is 11.3 Å². The molecule has 2 aromatic rings. The summed E-state index contributed by atoms with van der Waals surface area (Å²) in [6.45, 7) is 1.88. The Bertz CT molecular complexity index is 786. The van der Waals surface area contributed by atoms with Gasteiger partial charge in [-0.3, -0.25) is 14.4 Å². The fraction of sp³-hybridized carbons (Fsp3) is 0.381. The number of thiophene rings is 1. The van der Waals surface area contributed by atoms with Crippen molar-refractivity contribution in [3.8, 4) is 0 Å². The van der Waals surface area contributed by atoms with E-state index in [2.05, 4.69) is 10.6 Å².